The number of rotatable bonds is 2. The molecule has 1 atom stereocenters. The minimum Gasteiger partial charge on any atom is -0.372 e. The van der Waals surface area contributed by atoms with Gasteiger partial charge < -0.3 is 10.1 Å². The third kappa shape index (κ3) is 2.94. The summed E-state index contributed by atoms with van der Waals surface area (Å²) in [4.78, 5) is 0. The van der Waals surface area contributed by atoms with Crippen molar-refractivity contribution >= 4 is 11.6 Å². The summed E-state index contributed by atoms with van der Waals surface area (Å²) >= 11 is 5.85. The van der Waals surface area contributed by atoms with Crippen molar-refractivity contribution in [2.75, 3.05) is 19.7 Å². The SMILES string of the molecule is CC1(Cc2ccc(Cl)cc2)CNCCO1. The van der Waals surface area contributed by atoms with Crippen LogP contribution in [0.2, 0.25) is 5.02 Å². The maximum Gasteiger partial charge on any atom is 0.0819 e. The van der Waals surface area contributed by atoms with Gasteiger partial charge in [-0.25, -0.2) is 0 Å². The summed E-state index contributed by atoms with van der Waals surface area (Å²) in [5.41, 5.74) is 1.19. The first-order chi connectivity index (χ1) is 7.18. The lowest BCUT2D eigenvalue weighted by molar-refractivity contribution is -0.0516. The standard InChI is InChI=1S/C12H16ClNO/c1-12(9-14-6-7-15-12)8-10-2-4-11(13)5-3-10/h2-5,14H,6-9H2,1H3. The van der Waals surface area contributed by atoms with Crippen molar-refractivity contribution in [1.29, 1.82) is 0 Å². The smallest absolute Gasteiger partial charge is 0.0819 e. The van der Waals surface area contributed by atoms with Crippen LogP contribution < -0.4 is 5.32 Å². The number of ether oxygens (including phenoxy) is 1. The van der Waals surface area contributed by atoms with Gasteiger partial charge in [0, 0.05) is 24.5 Å². The lowest BCUT2D eigenvalue weighted by atomic mass is 9.95. The molecular formula is C12H16ClNO. The molecule has 0 amide bonds. The van der Waals surface area contributed by atoms with Crippen molar-refractivity contribution in [3.63, 3.8) is 0 Å². The Hall–Kier alpha value is -0.570. The van der Waals surface area contributed by atoms with Gasteiger partial charge in [0.15, 0.2) is 0 Å². The predicted octanol–water partition coefficient (Wildman–Crippen LogP) is 2.26. The molecule has 2 nitrogen and oxygen atoms in total. The Kier molecular flexibility index (Phi) is 3.29. The molecule has 1 heterocycles. The van der Waals surface area contributed by atoms with Gasteiger partial charge in [-0.05, 0) is 24.6 Å². The number of halogens is 1. The van der Waals surface area contributed by atoms with E-state index < -0.39 is 0 Å². The van der Waals surface area contributed by atoms with Gasteiger partial charge in [0.1, 0.15) is 0 Å². The molecule has 1 unspecified atom stereocenters. The highest BCUT2D eigenvalue weighted by atomic mass is 35.5. The monoisotopic (exact) mass is 225 g/mol. The molecule has 0 bridgehead atoms. The zero-order valence-corrected chi connectivity index (χ0v) is 9.68. The maximum absolute atomic E-state index is 5.85. The van der Waals surface area contributed by atoms with Gasteiger partial charge in [0.2, 0.25) is 0 Å². The van der Waals surface area contributed by atoms with Gasteiger partial charge >= 0.3 is 0 Å². The summed E-state index contributed by atoms with van der Waals surface area (Å²) < 4.78 is 5.80. The fourth-order valence-electron chi connectivity index (χ4n) is 1.92. The van der Waals surface area contributed by atoms with Crippen LogP contribution in [-0.2, 0) is 11.2 Å². The van der Waals surface area contributed by atoms with Gasteiger partial charge in [-0.2, -0.15) is 0 Å². The Morgan fingerprint density at radius 2 is 2.13 bits per heavy atom. The molecule has 0 aromatic heterocycles. The summed E-state index contributed by atoms with van der Waals surface area (Å²) in [7, 11) is 0. The fourth-order valence-corrected chi connectivity index (χ4v) is 2.05. The minimum atomic E-state index is -0.0773. The Balaban J connectivity index is 2.03. The summed E-state index contributed by atoms with van der Waals surface area (Å²) in [5, 5.41) is 4.14. The summed E-state index contributed by atoms with van der Waals surface area (Å²) in [6.07, 6.45) is 0.928. The highest BCUT2D eigenvalue weighted by Crippen LogP contribution is 2.20. The van der Waals surface area contributed by atoms with Crippen molar-refractivity contribution in [2.24, 2.45) is 0 Å². The first-order valence-electron chi connectivity index (χ1n) is 5.27. The second-order valence-electron chi connectivity index (χ2n) is 4.28. The number of nitrogens with one attached hydrogen (secondary N) is 1. The molecule has 2 rings (SSSR count). The van der Waals surface area contributed by atoms with Crippen molar-refractivity contribution in [2.45, 2.75) is 18.9 Å². The molecule has 3 heteroatoms. The van der Waals surface area contributed by atoms with Crippen molar-refractivity contribution in [1.82, 2.24) is 5.32 Å². The Morgan fingerprint density at radius 1 is 1.40 bits per heavy atom. The second kappa shape index (κ2) is 4.52. The van der Waals surface area contributed by atoms with Crippen LogP contribution in [0.1, 0.15) is 12.5 Å². The average Bonchev–Trinajstić information content (AvgIpc) is 2.22. The van der Waals surface area contributed by atoms with Crippen molar-refractivity contribution < 1.29 is 4.74 Å². The highest BCUT2D eigenvalue weighted by molar-refractivity contribution is 6.30. The van der Waals surface area contributed by atoms with Gasteiger partial charge in [0.25, 0.3) is 0 Å². The quantitative estimate of drug-likeness (QED) is 0.834. The Bertz CT molecular complexity index is 317. The van der Waals surface area contributed by atoms with E-state index in [1.54, 1.807) is 0 Å². The third-order valence-corrected chi connectivity index (χ3v) is 2.97. The molecule has 15 heavy (non-hydrogen) atoms. The van der Waals surface area contributed by atoms with E-state index in [0.717, 1.165) is 31.1 Å². The predicted molar refractivity (Wildman–Crippen MR) is 62.4 cm³/mol. The summed E-state index contributed by atoms with van der Waals surface area (Å²) in [5.74, 6) is 0. The largest absolute Gasteiger partial charge is 0.372 e. The van der Waals surface area contributed by atoms with E-state index in [2.05, 4.69) is 24.4 Å². The molecule has 0 aliphatic carbocycles. The van der Waals surface area contributed by atoms with Crippen LogP contribution >= 0.6 is 11.6 Å². The first-order valence-corrected chi connectivity index (χ1v) is 5.65. The Labute approximate surface area is 95.6 Å². The van der Waals surface area contributed by atoms with Crippen LogP contribution in [0.15, 0.2) is 24.3 Å². The van der Waals surface area contributed by atoms with Crippen LogP contribution in [0.3, 0.4) is 0 Å². The van der Waals surface area contributed by atoms with Crippen molar-refractivity contribution in [3.8, 4) is 0 Å². The van der Waals surface area contributed by atoms with Crippen molar-refractivity contribution in [3.05, 3.63) is 34.9 Å². The van der Waals surface area contributed by atoms with Gasteiger partial charge in [-0.3, -0.25) is 0 Å². The molecule has 0 saturated carbocycles. The molecule has 0 radical (unpaired) electrons. The fraction of sp³-hybridized carbons (Fsp3) is 0.500. The third-order valence-electron chi connectivity index (χ3n) is 2.72. The topological polar surface area (TPSA) is 21.3 Å². The lowest BCUT2D eigenvalue weighted by Crippen LogP contribution is -2.48. The Morgan fingerprint density at radius 3 is 2.73 bits per heavy atom. The van der Waals surface area contributed by atoms with Gasteiger partial charge in [0.05, 0.1) is 12.2 Å². The molecule has 1 aliphatic rings. The van der Waals surface area contributed by atoms with Gasteiger partial charge in [-0.1, -0.05) is 23.7 Å². The van der Waals surface area contributed by atoms with E-state index in [1.165, 1.54) is 5.56 Å². The second-order valence-corrected chi connectivity index (χ2v) is 4.71. The first kappa shape index (κ1) is 10.9. The summed E-state index contributed by atoms with van der Waals surface area (Å²) in [6, 6.07) is 7.98. The van der Waals surface area contributed by atoms with Gasteiger partial charge in [-0.15, -0.1) is 0 Å². The molecule has 0 spiro atoms. The highest BCUT2D eigenvalue weighted by Gasteiger charge is 2.27. The van der Waals surface area contributed by atoms with Crippen LogP contribution in [0.4, 0.5) is 0 Å². The number of hydrogen-bond donors (Lipinski definition) is 1. The molecule has 1 aromatic rings. The summed E-state index contributed by atoms with van der Waals surface area (Å²) in [6.45, 7) is 4.81. The molecular weight excluding hydrogens is 210 g/mol. The maximum atomic E-state index is 5.85. The molecule has 1 aromatic carbocycles. The lowest BCUT2D eigenvalue weighted by Gasteiger charge is -2.34. The number of benzene rings is 1. The molecule has 1 aliphatic heterocycles. The van der Waals surface area contributed by atoms with Crippen LogP contribution in [-0.4, -0.2) is 25.3 Å². The molecule has 1 saturated heterocycles. The van der Waals surface area contributed by atoms with E-state index in [0.29, 0.717) is 0 Å². The van der Waals surface area contributed by atoms with Crippen LogP contribution in [0.25, 0.3) is 0 Å². The normalized spacial score (nSPS) is 26.5. The number of hydrogen-bond acceptors (Lipinski definition) is 2. The van der Waals surface area contributed by atoms with Crippen LogP contribution in [0, 0.1) is 0 Å². The molecule has 1 N–H and O–H groups in total. The molecule has 1 fully saturated rings. The number of morpholine rings is 1. The van der Waals surface area contributed by atoms with E-state index >= 15 is 0 Å². The zero-order chi connectivity index (χ0) is 10.7. The van der Waals surface area contributed by atoms with E-state index in [4.69, 9.17) is 16.3 Å². The zero-order valence-electron chi connectivity index (χ0n) is 8.92. The minimum absolute atomic E-state index is 0.0773. The van der Waals surface area contributed by atoms with E-state index in [1.807, 2.05) is 12.1 Å². The van der Waals surface area contributed by atoms with Crippen LogP contribution in [0.5, 0.6) is 0 Å². The van der Waals surface area contributed by atoms with E-state index in [-0.39, 0.29) is 5.60 Å². The van der Waals surface area contributed by atoms with E-state index in [9.17, 15) is 0 Å². The average molecular weight is 226 g/mol. The molecule has 82 valence electrons.